The number of nitrogens with one attached hydrogen (secondary N) is 2. The molecule has 2 N–H and O–H groups in total. The lowest BCUT2D eigenvalue weighted by Gasteiger charge is -2.55. The van der Waals surface area contributed by atoms with Gasteiger partial charge in [0.15, 0.2) is 0 Å². The van der Waals surface area contributed by atoms with Crippen LogP contribution in [0.5, 0.6) is 0 Å². The molecule has 0 saturated heterocycles. The van der Waals surface area contributed by atoms with Gasteiger partial charge in [0.1, 0.15) is 6.04 Å². The molecule has 1 aromatic rings. The Morgan fingerprint density at radius 2 is 1.46 bits per heavy atom. The lowest BCUT2D eigenvalue weighted by atomic mass is 9.49. The molecule has 140 valence electrons. The SMILES string of the molecule is CC(C)NC(=O)[C@@H](NC(=O)C12CC3CC(CC(C3)C1)C2)c1ccccc1. The average Bonchev–Trinajstić information content (AvgIpc) is 2.58. The number of carbonyl (C=O) groups is 2. The second-order valence-electron chi connectivity index (χ2n) is 9.18. The molecule has 0 unspecified atom stereocenters. The van der Waals surface area contributed by atoms with Gasteiger partial charge in [-0.3, -0.25) is 9.59 Å². The van der Waals surface area contributed by atoms with E-state index in [4.69, 9.17) is 0 Å². The smallest absolute Gasteiger partial charge is 0.247 e. The topological polar surface area (TPSA) is 58.2 Å². The van der Waals surface area contributed by atoms with Crippen molar-refractivity contribution in [3.05, 3.63) is 35.9 Å². The molecule has 1 atom stereocenters. The Bertz CT molecular complexity index is 647. The molecular weight excluding hydrogens is 324 g/mol. The maximum Gasteiger partial charge on any atom is 0.247 e. The maximum atomic E-state index is 13.4. The first-order chi connectivity index (χ1) is 12.4. The standard InChI is InChI=1S/C22H30N2O2/c1-14(2)23-20(25)19(18-6-4-3-5-7-18)24-21(26)22-11-15-8-16(12-22)10-17(9-15)13-22/h3-7,14-17,19H,8-13H2,1-2H3,(H,23,25)(H,24,26)/t15?,16?,17?,19-,22?/m0/s1. The summed E-state index contributed by atoms with van der Waals surface area (Å²) in [5, 5.41) is 6.11. The monoisotopic (exact) mass is 354 g/mol. The molecule has 0 spiro atoms. The lowest BCUT2D eigenvalue weighted by Crippen LogP contribution is -2.55. The minimum absolute atomic E-state index is 0.0464. The highest BCUT2D eigenvalue weighted by Crippen LogP contribution is 2.60. The fourth-order valence-corrected chi connectivity index (χ4v) is 5.99. The molecule has 4 fully saturated rings. The fourth-order valence-electron chi connectivity index (χ4n) is 5.99. The predicted octanol–water partition coefficient (Wildman–Crippen LogP) is 3.58. The summed E-state index contributed by atoms with van der Waals surface area (Å²) in [6.07, 6.45) is 6.96. The van der Waals surface area contributed by atoms with Crippen LogP contribution in [0.1, 0.15) is 64.0 Å². The van der Waals surface area contributed by atoms with Gasteiger partial charge in [0.25, 0.3) is 0 Å². The van der Waals surface area contributed by atoms with E-state index in [-0.39, 0.29) is 23.3 Å². The summed E-state index contributed by atoms with van der Waals surface area (Å²) in [4.78, 5) is 26.2. The largest absolute Gasteiger partial charge is 0.352 e. The normalized spacial score (nSPS) is 33.1. The third kappa shape index (κ3) is 3.26. The molecule has 4 aliphatic rings. The van der Waals surface area contributed by atoms with Crippen LogP contribution >= 0.6 is 0 Å². The van der Waals surface area contributed by atoms with Crippen LogP contribution in [-0.4, -0.2) is 17.9 Å². The van der Waals surface area contributed by atoms with Crippen molar-refractivity contribution in [2.75, 3.05) is 0 Å². The highest BCUT2D eigenvalue weighted by molar-refractivity contribution is 5.91. The molecule has 4 nitrogen and oxygen atoms in total. The number of rotatable bonds is 5. The summed E-state index contributed by atoms with van der Waals surface area (Å²) < 4.78 is 0. The van der Waals surface area contributed by atoms with E-state index in [9.17, 15) is 9.59 Å². The van der Waals surface area contributed by atoms with Crippen LogP contribution in [0.4, 0.5) is 0 Å². The van der Waals surface area contributed by atoms with Crippen LogP contribution in [0.15, 0.2) is 30.3 Å². The summed E-state index contributed by atoms with van der Waals surface area (Å²) >= 11 is 0. The zero-order chi connectivity index (χ0) is 18.3. The van der Waals surface area contributed by atoms with Gasteiger partial charge in [0.2, 0.25) is 11.8 Å². The van der Waals surface area contributed by atoms with Crippen molar-refractivity contribution in [2.45, 2.75) is 64.5 Å². The van der Waals surface area contributed by atoms with Crippen molar-refractivity contribution < 1.29 is 9.59 Å². The minimum Gasteiger partial charge on any atom is -0.352 e. The first kappa shape index (κ1) is 17.6. The summed E-state index contributed by atoms with van der Waals surface area (Å²) in [6, 6.07) is 9.05. The number of hydrogen-bond donors (Lipinski definition) is 2. The molecule has 0 radical (unpaired) electrons. The van der Waals surface area contributed by atoms with E-state index in [1.54, 1.807) is 0 Å². The Balaban J connectivity index is 1.55. The van der Waals surface area contributed by atoms with Crippen LogP contribution in [0.3, 0.4) is 0 Å². The number of amides is 2. The van der Waals surface area contributed by atoms with Gasteiger partial charge < -0.3 is 10.6 Å². The molecular formula is C22H30N2O2. The Morgan fingerprint density at radius 1 is 0.923 bits per heavy atom. The van der Waals surface area contributed by atoms with Gasteiger partial charge in [-0.25, -0.2) is 0 Å². The quantitative estimate of drug-likeness (QED) is 0.849. The van der Waals surface area contributed by atoms with Crippen molar-refractivity contribution in [1.29, 1.82) is 0 Å². The Labute approximate surface area is 156 Å². The van der Waals surface area contributed by atoms with Gasteiger partial charge in [-0.15, -0.1) is 0 Å². The molecule has 4 saturated carbocycles. The lowest BCUT2D eigenvalue weighted by molar-refractivity contribution is -0.148. The highest BCUT2D eigenvalue weighted by atomic mass is 16.2. The summed E-state index contributed by atoms with van der Waals surface area (Å²) in [5.74, 6) is 2.12. The van der Waals surface area contributed by atoms with Gasteiger partial charge in [-0.2, -0.15) is 0 Å². The molecule has 0 heterocycles. The van der Waals surface area contributed by atoms with E-state index in [1.165, 1.54) is 19.3 Å². The fraction of sp³-hybridized carbons (Fsp3) is 0.636. The van der Waals surface area contributed by atoms with Crippen molar-refractivity contribution in [2.24, 2.45) is 23.2 Å². The van der Waals surface area contributed by atoms with E-state index in [2.05, 4.69) is 10.6 Å². The zero-order valence-electron chi connectivity index (χ0n) is 15.8. The molecule has 26 heavy (non-hydrogen) atoms. The van der Waals surface area contributed by atoms with Crippen LogP contribution in [0.25, 0.3) is 0 Å². The van der Waals surface area contributed by atoms with E-state index in [1.807, 2.05) is 44.2 Å². The van der Waals surface area contributed by atoms with Gasteiger partial charge >= 0.3 is 0 Å². The Hall–Kier alpha value is -1.84. The van der Waals surface area contributed by atoms with E-state index < -0.39 is 6.04 Å². The van der Waals surface area contributed by atoms with Gasteiger partial charge in [0, 0.05) is 11.5 Å². The third-order valence-corrected chi connectivity index (χ3v) is 6.62. The molecule has 1 aromatic carbocycles. The number of hydrogen-bond acceptors (Lipinski definition) is 2. The van der Waals surface area contributed by atoms with Crippen molar-refractivity contribution in [1.82, 2.24) is 10.6 Å². The van der Waals surface area contributed by atoms with E-state index >= 15 is 0 Å². The van der Waals surface area contributed by atoms with Crippen LogP contribution in [-0.2, 0) is 9.59 Å². The summed E-state index contributed by atoms with van der Waals surface area (Å²) in [7, 11) is 0. The minimum atomic E-state index is -0.612. The summed E-state index contributed by atoms with van der Waals surface area (Å²) in [6.45, 7) is 3.89. The van der Waals surface area contributed by atoms with E-state index in [0.717, 1.165) is 24.8 Å². The van der Waals surface area contributed by atoms with Gasteiger partial charge in [-0.1, -0.05) is 30.3 Å². The van der Waals surface area contributed by atoms with Crippen LogP contribution in [0, 0.1) is 23.2 Å². The van der Waals surface area contributed by atoms with Gasteiger partial charge in [-0.05, 0) is 75.7 Å². The summed E-state index contributed by atoms with van der Waals surface area (Å²) in [5.41, 5.74) is 0.614. The molecule has 4 bridgehead atoms. The third-order valence-electron chi connectivity index (χ3n) is 6.62. The molecule has 4 aliphatic carbocycles. The predicted molar refractivity (Wildman–Crippen MR) is 101 cm³/mol. The first-order valence-corrected chi connectivity index (χ1v) is 10.1. The van der Waals surface area contributed by atoms with E-state index in [0.29, 0.717) is 17.8 Å². The average molecular weight is 354 g/mol. The van der Waals surface area contributed by atoms with Crippen LogP contribution < -0.4 is 10.6 Å². The van der Waals surface area contributed by atoms with Crippen LogP contribution in [0.2, 0.25) is 0 Å². The van der Waals surface area contributed by atoms with Gasteiger partial charge in [0.05, 0.1) is 0 Å². The maximum absolute atomic E-state index is 13.4. The molecule has 2 amide bonds. The second kappa shape index (κ2) is 6.71. The van der Waals surface area contributed by atoms with Crippen molar-refractivity contribution >= 4 is 11.8 Å². The highest BCUT2D eigenvalue weighted by Gasteiger charge is 2.55. The first-order valence-electron chi connectivity index (χ1n) is 10.1. The molecule has 4 heteroatoms. The number of carbonyl (C=O) groups excluding carboxylic acids is 2. The molecule has 0 aliphatic heterocycles. The zero-order valence-corrected chi connectivity index (χ0v) is 15.8. The van der Waals surface area contributed by atoms with Crippen molar-refractivity contribution in [3.63, 3.8) is 0 Å². The molecule has 5 rings (SSSR count). The Kier molecular flexibility index (Phi) is 4.54. The Morgan fingerprint density at radius 3 is 1.96 bits per heavy atom. The molecule has 0 aromatic heterocycles. The second-order valence-corrected chi connectivity index (χ2v) is 9.18. The van der Waals surface area contributed by atoms with Crippen molar-refractivity contribution in [3.8, 4) is 0 Å². The number of benzene rings is 1.